The molecule has 0 radical (unpaired) electrons. The van der Waals surface area contributed by atoms with E-state index in [1.165, 1.54) is 17.4 Å². The van der Waals surface area contributed by atoms with E-state index in [2.05, 4.69) is 0 Å². The minimum Gasteiger partial charge on any atom is -0.338 e. The second kappa shape index (κ2) is 7.55. The lowest BCUT2D eigenvalue weighted by molar-refractivity contribution is -0.146. The molecule has 3 heterocycles. The van der Waals surface area contributed by atoms with E-state index in [-0.39, 0.29) is 48.8 Å². The summed E-state index contributed by atoms with van der Waals surface area (Å²) in [5.74, 6) is -1.42. The Hall–Kier alpha value is -2.81. The van der Waals surface area contributed by atoms with Crippen LogP contribution in [0.3, 0.4) is 0 Å². The van der Waals surface area contributed by atoms with E-state index in [1.807, 2.05) is 0 Å². The fourth-order valence-electron chi connectivity index (χ4n) is 3.79. The fraction of sp³-hybridized carbons (Fsp3) is 0.400. The van der Waals surface area contributed by atoms with E-state index in [9.17, 15) is 23.6 Å². The first-order valence-corrected chi connectivity index (χ1v) is 10.3. The topological polar surface area (TPSA) is 78.0 Å². The van der Waals surface area contributed by atoms with Crippen LogP contribution < -0.4 is 0 Å². The summed E-state index contributed by atoms with van der Waals surface area (Å²) in [6, 6.07) is 4.81. The smallest absolute Gasteiger partial charge is 0.264 e. The molecule has 1 aromatic carbocycles. The number of benzene rings is 1. The molecule has 7 nitrogen and oxygen atoms in total. The molecule has 9 heteroatoms. The third kappa shape index (κ3) is 3.50. The molecule has 2 aromatic rings. The SMILES string of the molecule is Cc1c(C(=O)N2CCN(C(=O)CN3C(=O)CCC3=O)CC2)sc2cccc(F)c12. The van der Waals surface area contributed by atoms with E-state index >= 15 is 0 Å². The van der Waals surface area contributed by atoms with Gasteiger partial charge in [-0.25, -0.2) is 4.39 Å². The highest BCUT2D eigenvalue weighted by molar-refractivity contribution is 7.21. The number of nitrogens with zero attached hydrogens (tertiary/aromatic N) is 3. The van der Waals surface area contributed by atoms with Gasteiger partial charge in [0.05, 0.1) is 4.88 Å². The molecule has 0 unspecified atom stereocenters. The zero-order valence-electron chi connectivity index (χ0n) is 15.9. The molecule has 4 rings (SSSR count). The van der Waals surface area contributed by atoms with Gasteiger partial charge in [-0.2, -0.15) is 0 Å². The molecule has 152 valence electrons. The van der Waals surface area contributed by atoms with Crippen molar-refractivity contribution in [2.45, 2.75) is 19.8 Å². The maximum absolute atomic E-state index is 14.1. The number of imide groups is 1. The Labute approximate surface area is 170 Å². The van der Waals surface area contributed by atoms with Gasteiger partial charge in [0.1, 0.15) is 12.4 Å². The van der Waals surface area contributed by atoms with E-state index < -0.39 is 0 Å². The summed E-state index contributed by atoms with van der Waals surface area (Å²) in [7, 11) is 0. The number of halogens is 1. The average Bonchev–Trinajstić information content (AvgIpc) is 3.22. The minimum absolute atomic E-state index is 0.156. The summed E-state index contributed by atoms with van der Waals surface area (Å²) in [5, 5.41) is 0.481. The molecule has 0 saturated carbocycles. The number of amides is 4. The highest BCUT2D eigenvalue weighted by Gasteiger charge is 2.33. The number of aryl methyl sites for hydroxylation is 1. The zero-order chi connectivity index (χ0) is 20.7. The molecule has 0 bridgehead atoms. The average molecular weight is 417 g/mol. The monoisotopic (exact) mass is 417 g/mol. The van der Waals surface area contributed by atoms with Crippen molar-refractivity contribution in [3.63, 3.8) is 0 Å². The first-order chi connectivity index (χ1) is 13.9. The number of rotatable bonds is 3. The summed E-state index contributed by atoms with van der Waals surface area (Å²) >= 11 is 1.28. The third-order valence-corrected chi connectivity index (χ3v) is 6.71. The Balaban J connectivity index is 1.41. The summed E-state index contributed by atoms with van der Waals surface area (Å²) in [5.41, 5.74) is 0.637. The van der Waals surface area contributed by atoms with Crippen LogP contribution in [0, 0.1) is 12.7 Å². The second-order valence-corrected chi connectivity index (χ2v) is 8.27. The zero-order valence-corrected chi connectivity index (χ0v) is 16.8. The molecule has 0 spiro atoms. The van der Waals surface area contributed by atoms with Crippen LogP contribution >= 0.6 is 11.3 Å². The van der Waals surface area contributed by atoms with Crippen LogP contribution in [0.25, 0.3) is 10.1 Å². The van der Waals surface area contributed by atoms with Crippen molar-refractivity contribution in [3.05, 3.63) is 34.5 Å². The lowest BCUT2D eigenvalue weighted by Gasteiger charge is -2.35. The highest BCUT2D eigenvalue weighted by Crippen LogP contribution is 2.33. The van der Waals surface area contributed by atoms with Crippen LogP contribution in [-0.2, 0) is 14.4 Å². The van der Waals surface area contributed by atoms with Crippen molar-refractivity contribution >= 4 is 45.1 Å². The number of carbonyl (C=O) groups excluding carboxylic acids is 4. The molecule has 2 aliphatic rings. The van der Waals surface area contributed by atoms with Crippen molar-refractivity contribution in [2.75, 3.05) is 32.7 Å². The van der Waals surface area contributed by atoms with Gasteiger partial charge in [-0.1, -0.05) is 6.07 Å². The first kappa shape index (κ1) is 19.5. The lowest BCUT2D eigenvalue weighted by Crippen LogP contribution is -2.53. The third-order valence-electron chi connectivity index (χ3n) is 5.47. The largest absolute Gasteiger partial charge is 0.338 e. The first-order valence-electron chi connectivity index (χ1n) is 9.44. The van der Waals surface area contributed by atoms with Gasteiger partial charge in [0, 0.05) is 49.1 Å². The van der Waals surface area contributed by atoms with Crippen LogP contribution in [0.2, 0.25) is 0 Å². The Morgan fingerprint density at radius 2 is 1.66 bits per heavy atom. The molecular weight excluding hydrogens is 397 g/mol. The van der Waals surface area contributed by atoms with Crippen LogP contribution in [0.1, 0.15) is 28.1 Å². The Morgan fingerprint density at radius 1 is 1.03 bits per heavy atom. The summed E-state index contributed by atoms with van der Waals surface area (Å²) < 4.78 is 14.8. The highest BCUT2D eigenvalue weighted by atomic mass is 32.1. The molecule has 0 atom stereocenters. The van der Waals surface area contributed by atoms with Crippen molar-refractivity contribution in [3.8, 4) is 0 Å². The minimum atomic E-state index is -0.336. The number of hydrogen-bond acceptors (Lipinski definition) is 5. The Bertz CT molecular complexity index is 1010. The maximum atomic E-state index is 14.1. The van der Waals surface area contributed by atoms with E-state index in [0.717, 1.165) is 9.60 Å². The molecule has 2 fully saturated rings. The van der Waals surface area contributed by atoms with Crippen LogP contribution in [0.4, 0.5) is 4.39 Å². The van der Waals surface area contributed by atoms with Crippen molar-refractivity contribution < 1.29 is 23.6 Å². The maximum Gasteiger partial charge on any atom is 0.264 e. The van der Waals surface area contributed by atoms with Gasteiger partial charge in [0.15, 0.2) is 0 Å². The van der Waals surface area contributed by atoms with Gasteiger partial charge in [-0.05, 0) is 24.6 Å². The molecule has 0 aliphatic carbocycles. The van der Waals surface area contributed by atoms with Crippen molar-refractivity contribution in [2.24, 2.45) is 0 Å². The van der Waals surface area contributed by atoms with Crippen LogP contribution in [-0.4, -0.2) is 71.1 Å². The molecule has 4 amide bonds. The quantitative estimate of drug-likeness (QED) is 0.714. The Morgan fingerprint density at radius 3 is 2.28 bits per heavy atom. The van der Waals surface area contributed by atoms with Gasteiger partial charge < -0.3 is 9.80 Å². The van der Waals surface area contributed by atoms with Crippen molar-refractivity contribution in [1.82, 2.24) is 14.7 Å². The van der Waals surface area contributed by atoms with Crippen molar-refractivity contribution in [1.29, 1.82) is 0 Å². The number of piperazine rings is 1. The molecule has 2 saturated heterocycles. The van der Waals surface area contributed by atoms with E-state index in [1.54, 1.807) is 28.9 Å². The Kier molecular flexibility index (Phi) is 5.08. The number of fused-ring (bicyclic) bond motifs is 1. The summed E-state index contributed by atoms with van der Waals surface area (Å²) in [6.07, 6.45) is 0.313. The van der Waals surface area contributed by atoms with Gasteiger partial charge in [0.25, 0.3) is 5.91 Å². The molecule has 2 aliphatic heterocycles. The van der Waals surface area contributed by atoms with Gasteiger partial charge in [0.2, 0.25) is 17.7 Å². The standard InChI is InChI=1S/C20H20FN3O4S/c1-12-18-13(21)3-2-4-14(18)29-19(12)20(28)23-9-7-22(8-10-23)17(27)11-24-15(25)5-6-16(24)26/h2-4H,5-11H2,1H3. The normalized spacial score (nSPS) is 17.5. The lowest BCUT2D eigenvalue weighted by atomic mass is 10.1. The number of hydrogen-bond donors (Lipinski definition) is 0. The van der Waals surface area contributed by atoms with E-state index in [0.29, 0.717) is 42.0 Å². The van der Waals surface area contributed by atoms with Crippen LogP contribution in [0.5, 0.6) is 0 Å². The molecular formula is C20H20FN3O4S. The van der Waals surface area contributed by atoms with E-state index in [4.69, 9.17) is 0 Å². The summed E-state index contributed by atoms with van der Waals surface area (Å²) in [6.45, 7) is 2.88. The predicted octanol–water partition coefficient (Wildman–Crippen LogP) is 1.78. The second-order valence-electron chi connectivity index (χ2n) is 7.22. The molecule has 29 heavy (non-hydrogen) atoms. The van der Waals surface area contributed by atoms with Gasteiger partial charge in [-0.15, -0.1) is 11.3 Å². The van der Waals surface area contributed by atoms with Gasteiger partial charge >= 0.3 is 0 Å². The summed E-state index contributed by atoms with van der Waals surface area (Å²) in [4.78, 5) is 53.5. The number of carbonyl (C=O) groups is 4. The predicted molar refractivity (Wildman–Crippen MR) is 105 cm³/mol. The molecule has 0 N–H and O–H groups in total. The van der Waals surface area contributed by atoms with Gasteiger partial charge in [-0.3, -0.25) is 24.1 Å². The number of likely N-dealkylation sites (tertiary alicyclic amines) is 1. The fourth-order valence-corrected chi connectivity index (χ4v) is 4.99. The number of thiophene rings is 1. The molecule has 1 aromatic heterocycles. The van der Waals surface area contributed by atoms with Crippen LogP contribution in [0.15, 0.2) is 18.2 Å².